The third kappa shape index (κ3) is 7.56. The minimum atomic E-state index is -3.04. The summed E-state index contributed by atoms with van der Waals surface area (Å²) in [6, 6.07) is 0. The lowest BCUT2D eigenvalue weighted by Gasteiger charge is -2.11. The molecule has 0 unspecified atom stereocenters. The van der Waals surface area contributed by atoms with E-state index in [1.54, 1.807) is 12.2 Å². The van der Waals surface area contributed by atoms with Gasteiger partial charge in [-0.2, -0.15) is 0 Å². The Kier molecular flexibility index (Phi) is 7.38. The highest BCUT2D eigenvalue weighted by atomic mass is 32.2. The molecule has 146 valence electrons. The van der Waals surface area contributed by atoms with Gasteiger partial charge in [0.2, 0.25) is 0 Å². The van der Waals surface area contributed by atoms with Crippen molar-refractivity contribution in [1.82, 2.24) is 10.6 Å². The molecule has 0 aromatic rings. The number of hydrogen-bond donors (Lipinski definition) is 2. The van der Waals surface area contributed by atoms with E-state index in [4.69, 9.17) is 33.9 Å². The van der Waals surface area contributed by atoms with Gasteiger partial charge in [0.05, 0.1) is 36.2 Å². The van der Waals surface area contributed by atoms with Crippen LogP contribution in [0.3, 0.4) is 0 Å². The Morgan fingerprint density at radius 3 is 1.54 bits per heavy atom. The topological polar surface area (TPSA) is 111 Å². The second-order valence-electron chi connectivity index (χ2n) is 5.80. The van der Waals surface area contributed by atoms with Gasteiger partial charge < -0.3 is 20.1 Å². The molecule has 8 nitrogen and oxygen atoms in total. The van der Waals surface area contributed by atoms with E-state index in [-0.39, 0.29) is 33.4 Å². The summed E-state index contributed by atoms with van der Waals surface area (Å²) in [5, 5.41) is 5.81. The number of unbranched alkanes of at least 4 members (excludes halogenated alkanes) is 1. The van der Waals surface area contributed by atoms with Crippen LogP contribution < -0.4 is 10.6 Å². The Bertz CT molecular complexity index is 759. The zero-order chi connectivity index (χ0) is 19.2. The summed E-state index contributed by atoms with van der Waals surface area (Å²) in [6.07, 6.45) is 4.49. The molecule has 26 heavy (non-hydrogen) atoms. The second-order valence-corrected chi connectivity index (χ2v) is 10.8. The Hall–Kier alpha value is -1.24. The van der Waals surface area contributed by atoms with Crippen molar-refractivity contribution in [1.29, 1.82) is 0 Å². The lowest BCUT2D eigenvalue weighted by atomic mass is 10.3. The predicted molar refractivity (Wildman–Crippen MR) is 106 cm³/mol. The first-order chi connectivity index (χ1) is 12.2. The molecule has 0 aliphatic carbocycles. The molecule has 0 spiro atoms. The molecular formula is C14H20N2O6S4. The number of hydrogen-bond acceptors (Lipinski definition) is 8. The molecule has 0 atom stereocenters. The van der Waals surface area contributed by atoms with Crippen molar-refractivity contribution < 1.29 is 26.3 Å². The first-order valence-corrected chi connectivity index (χ1v) is 12.3. The summed E-state index contributed by atoms with van der Waals surface area (Å²) in [7, 11) is -6.08. The van der Waals surface area contributed by atoms with Crippen LogP contribution in [0.1, 0.15) is 12.8 Å². The van der Waals surface area contributed by atoms with E-state index in [1.807, 2.05) is 0 Å². The van der Waals surface area contributed by atoms with Crippen molar-refractivity contribution in [2.45, 2.75) is 12.8 Å². The fraction of sp³-hybridized carbons (Fsp3) is 0.571. The van der Waals surface area contributed by atoms with E-state index in [0.717, 1.165) is 0 Å². The molecule has 2 aliphatic rings. The summed E-state index contributed by atoms with van der Waals surface area (Å²) in [5.74, 6) is -0.0584. The van der Waals surface area contributed by atoms with Crippen LogP contribution in [0.4, 0.5) is 0 Å². The van der Waals surface area contributed by atoms with Crippen LogP contribution in [-0.2, 0) is 29.1 Å². The van der Waals surface area contributed by atoms with Crippen LogP contribution in [0.25, 0.3) is 0 Å². The highest BCUT2D eigenvalue weighted by Crippen LogP contribution is 2.09. The van der Waals surface area contributed by atoms with E-state index < -0.39 is 19.7 Å². The van der Waals surface area contributed by atoms with Crippen molar-refractivity contribution in [3.63, 3.8) is 0 Å². The molecule has 2 N–H and O–H groups in total. The molecule has 0 amide bonds. The minimum absolute atomic E-state index is 0.0199. The summed E-state index contributed by atoms with van der Waals surface area (Å²) in [5.41, 5.74) is 1.08. The molecule has 0 aromatic heterocycles. The number of nitrogens with one attached hydrogen (secondary N) is 2. The standard InChI is InChI=1S/C14H20N2O6S4/c17-25(18)7-3-11(9-25)15-13(23)21-5-1-2-6-22-14(24)16-12-4-8-26(19,20)10-12/h3-4H,1-2,5-10H2,(H,15,23)(H,16,24). The monoisotopic (exact) mass is 440 g/mol. The number of sulfone groups is 2. The smallest absolute Gasteiger partial charge is 0.260 e. The van der Waals surface area contributed by atoms with Crippen molar-refractivity contribution in [2.75, 3.05) is 36.2 Å². The molecule has 0 aromatic carbocycles. The zero-order valence-electron chi connectivity index (χ0n) is 13.9. The molecular weight excluding hydrogens is 420 g/mol. The molecule has 0 bridgehead atoms. The van der Waals surface area contributed by atoms with Gasteiger partial charge in [0, 0.05) is 11.4 Å². The zero-order valence-corrected chi connectivity index (χ0v) is 17.2. The van der Waals surface area contributed by atoms with Gasteiger partial charge in [-0.1, -0.05) is 0 Å². The second kappa shape index (κ2) is 9.11. The third-order valence-electron chi connectivity index (χ3n) is 3.45. The van der Waals surface area contributed by atoms with E-state index in [0.29, 0.717) is 37.4 Å². The maximum Gasteiger partial charge on any atom is 0.260 e. The van der Waals surface area contributed by atoms with Gasteiger partial charge in [0.25, 0.3) is 10.3 Å². The van der Waals surface area contributed by atoms with Crippen LogP contribution >= 0.6 is 24.4 Å². The predicted octanol–water partition coefficient (Wildman–Crippen LogP) is 0.173. The third-order valence-corrected chi connectivity index (χ3v) is 6.74. The molecule has 0 saturated carbocycles. The largest absolute Gasteiger partial charge is 0.471 e. The van der Waals surface area contributed by atoms with Crippen LogP contribution in [0, 0.1) is 0 Å². The highest BCUT2D eigenvalue weighted by molar-refractivity contribution is 7.92. The van der Waals surface area contributed by atoms with Crippen LogP contribution in [0.15, 0.2) is 23.5 Å². The minimum Gasteiger partial charge on any atom is -0.471 e. The molecule has 0 fully saturated rings. The lowest BCUT2D eigenvalue weighted by Crippen LogP contribution is -2.26. The Morgan fingerprint density at radius 1 is 0.846 bits per heavy atom. The highest BCUT2D eigenvalue weighted by Gasteiger charge is 2.21. The van der Waals surface area contributed by atoms with Gasteiger partial charge in [-0.15, -0.1) is 0 Å². The van der Waals surface area contributed by atoms with Gasteiger partial charge in [-0.25, -0.2) is 16.8 Å². The summed E-state index contributed by atoms with van der Waals surface area (Å²) < 4.78 is 55.9. The van der Waals surface area contributed by atoms with Crippen molar-refractivity contribution in [3.8, 4) is 0 Å². The van der Waals surface area contributed by atoms with Gasteiger partial charge in [-0.3, -0.25) is 0 Å². The molecule has 0 saturated heterocycles. The number of ether oxygens (including phenoxy) is 2. The Labute approximate surface area is 163 Å². The van der Waals surface area contributed by atoms with Gasteiger partial charge >= 0.3 is 0 Å². The van der Waals surface area contributed by atoms with Gasteiger partial charge in [0.15, 0.2) is 19.7 Å². The maximum absolute atomic E-state index is 11.3. The van der Waals surface area contributed by atoms with Gasteiger partial charge in [-0.05, 0) is 49.4 Å². The molecule has 12 heteroatoms. The first kappa shape index (κ1) is 21.1. The van der Waals surface area contributed by atoms with Crippen molar-refractivity contribution >= 4 is 54.5 Å². The molecule has 2 rings (SSSR count). The summed E-state index contributed by atoms with van der Waals surface area (Å²) in [6.45, 7) is 0.720. The van der Waals surface area contributed by atoms with E-state index in [2.05, 4.69) is 10.6 Å². The average Bonchev–Trinajstić information content (AvgIpc) is 3.04. The summed E-state index contributed by atoms with van der Waals surface area (Å²) >= 11 is 9.99. The van der Waals surface area contributed by atoms with E-state index in [1.165, 1.54) is 0 Å². The fourth-order valence-corrected chi connectivity index (χ4v) is 5.11. The van der Waals surface area contributed by atoms with E-state index in [9.17, 15) is 16.8 Å². The van der Waals surface area contributed by atoms with Crippen LogP contribution in [0.2, 0.25) is 0 Å². The SMILES string of the molecule is O=S1(=O)CC=C(NC(=S)OCCCCOC(=S)NC2=CCS(=O)(=O)C2)C1. The Morgan fingerprint density at radius 2 is 1.23 bits per heavy atom. The van der Waals surface area contributed by atoms with Crippen molar-refractivity contribution in [3.05, 3.63) is 23.5 Å². The number of thiocarbonyl (C=S) groups is 2. The summed E-state index contributed by atoms with van der Waals surface area (Å²) in [4.78, 5) is 0. The van der Waals surface area contributed by atoms with Gasteiger partial charge in [0.1, 0.15) is 0 Å². The average molecular weight is 441 g/mol. The first-order valence-electron chi connectivity index (χ1n) is 7.82. The van der Waals surface area contributed by atoms with E-state index >= 15 is 0 Å². The number of rotatable bonds is 7. The molecule has 2 heterocycles. The normalized spacial score (nSPS) is 20.0. The lowest BCUT2D eigenvalue weighted by molar-refractivity contribution is 0.251. The fourth-order valence-electron chi connectivity index (χ4n) is 2.21. The van der Waals surface area contributed by atoms with Crippen LogP contribution in [0.5, 0.6) is 0 Å². The maximum atomic E-state index is 11.3. The van der Waals surface area contributed by atoms with Crippen molar-refractivity contribution in [2.24, 2.45) is 0 Å². The quantitative estimate of drug-likeness (QED) is 0.420. The van der Waals surface area contributed by atoms with Crippen LogP contribution in [-0.4, -0.2) is 63.4 Å². The molecule has 0 radical (unpaired) electrons. The molecule has 2 aliphatic heterocycles. The Balaban J connectivity index is 1.50.